The van der Waals surface area contributed by atoms with Crippen molar-refractivity contribution in [2.24, 2.45) is 0 Å². The standard InChI is InChI=1S/C20H22F3NO3/c1-4-14-9-10-17(13(3)11-14)27-12-15-7-6-8-16(20(21,22)23)19(15)24(26)18(25)5-2/h6-11,26H,4-5,12H2,1-3H3. The highest BCUT2D eigenvalue weighted by atomic mass is 19.4. The lowest BCUT2D eigenvalue weighted by Gasteiger charge is -2.23. The van der Waals surface area contributed by atoms with E-state index in [2.05, 4.69) is 0 Å². The third kappa shape index (κ3) is 4.80. The number of ether oxygens (including phenoxy) is 1. The molecule has 0 radical (unpaired) electrons. The van der Waals surface area contributed by atoms with Crippen LogP contribution in [0.4, 0.5) is 18.9 Å². The highest BCUT2D eigenvalue weighted by molar-refractivity contribution is 5.92. The van der Waals surface area contributed by atoms with E-state index in [1.807, 2.05) is 26.0 Å². The summed E-state index contributed by atoms with van der Waals surface area (Å²) in [7, 11) is 0. The van der Waals surface area contributed by atoms with Gasteiger partial charge in [0.1, 0.15) is 12.4 Å². The zero-order valence-electron chi connectivity index (χ0n) is 15.4. The SMILES string of the molecule is CCC(=O)N(O)c1c(COc2ccc(CC)cc2C)cccc1C(F)(F)F. The van der Waals surface area contributed by atoms with Gasteiger partial charge in [-0.15, -0.1) is 0 Å². The lowest BCUT2D eigenvalue weighted by molar-refractivity contribution is -0.138. The lowest BCUT2D eigenvalue weighted by atomic mass is 10.1. The van der Waals surface area contributed by atoms with E-state index in [0.717, 1.165) is 23.6 Å². The Labute approximate surface area is 156 Å². The van der Waals surface area contributed by atoms with Crippen LogP contribution < -0.4 is 9.80 Å². The number of aryl methyl sites for hydroxylation is 2. The van der Waals surface area contributed by atoms with E-state index in [1.165, 1.54) is 19.1 Å². The maximum Gasteiger partial charge on any atom is 0.418 e. The van der Waals surface area contributed by atoms with Crippen LogP contribution in [0.2, 0.25) is 0 Å². The van der Waals surface area contributed by atoms with Crippen molar-refractivity contribution in [2.75, 3.05) is 5.06 Å². The monoisotopic (exact) mass is 381 g/mol. The Bertz CT molecular complexity index is 819. The summed E-state index contributed by atoms with van der Waals surface area (Å²) in [6.07, 6.45) is -4.00. The molecule has 4 nitrogen and oxygen atoms in total. The number of hydrogen-bond acceptors (Lipinski definition) is 3. The molecule has 1 N–H and O–H groups in total. The second-order valence-corrected chi connectivity index (χ2v) is 6.11. The van der Waals surface area contributed by atoms with Gasteiger partial charge in [0, 0.05) is 12.0 Å². The molecular weight excluding hydrogens is 359 g/mol. The van der Waals surface area contributed by atoms with Crippen LogP contribution in [-0.2, 0) is 24.0 Å². The third-order valence-electron chi connectivity index (χ3n) is 4.21. The van der Waals surface area contributed by atoms with E-state index >= 15 is 0 Å². The van der Waals surface area contributed by atoms with Crippen molar-refractivity contribution in [3.63, 3.8) is 0 Å². The van der Waals surface area contributed by atoms with Crippen LogP contribution in [0.15, 0.2) is 36.4 Å². The van der Waals surface area contributed by atoms with Crippen LogP contribution in [0, 0.1) is 6.92 Å². The summed E-state index contributed by atoms with van der Waals surface area (Å²) < 4.78 is 45.8. The van der Waals surface area contributed by atoms with Crippen molar-refractivity contribution >= 4 is 11.6 Å². The van der Waals surface area contributed by atoms with E-state index < -0.39 is 23.3 Å². The molecule has 0 atom stereocenters. The zero-order chi connectivity index (χ0) is 20.2. The summed E-state index contributed by atoms with van der Waals surface area (Å²) in [5.41, 5.74) is 0.349. The molecule has 2 aromatic carbocycles. The second kappa shape index (κ2) is 8.43. The number of anilines is 1. The van der Waals surface area contributed by atoms with Gasteiger partial charge >= 0.3 is 6.18 Å². The number of nitrogens with zero attached hydrogens (tertiary/aromatic N) is 1. The van der Waals surface area contributed by atoms with Gasteiger partial charge in [0.05, 0.1) is 11.3 Å². The Kier molecular flexibility index (Phi) is 6.49. The number of para-hydroxylation sites is 1. The molecule has 0 saturated heterocycles. The van der Waals surface area contributed by atoms with E-state index in [9.17, 15) is 23.2 Å². The normalized spacial score (nSPS) is 11.4. The molecule has 1 amide bonds. The molecule has 0 aliphatic rings. The van der Waals surface area contributed by atoms with Gasteiger partial charge in [0.25, 0.3) is 0 Å². The molecule has 0 aromatic heterocycles. The van der Waals surface area contributed by atoms with E-state index in [1.54, 1.807) is 6.07 Å². The van der Waals surface area contributed by atoms with Crippen LogP contribution in [0.5, 0.6) is 5.75 Å². The molecular formula is C20H22F3NO3. The van der Waals surface area contributed by atoms with Gasteiger partial charge in [-0.1, -0.05) is 38.1 Å². The molecule has 146 valence electrons. The number of alkyl halides is 3. The second-order valence-electron chi connectivity index (χ2n) is 6.11. The Morgan fingerprint density at radius 2 is 1.89 bits per heavy atom. The van der Waals surface area contributed by atoms with E-state index in [0.29, 0.717) is 5.75 Å². The fourth-order valence-corrected chi connectivity index (χ4v) is 2.71. The topological polar surface area (TPSA) is 49.8 Å². The summed E-state index contributed by atoms with van der Waals surface area (Å²) in [6.45, 7) is 5.10. The molecule has 0 heterocycles. The summed E-state index contributed by atoms with van der Waals surface area (Å²) in [5.74, 6) is -0.307. The van der Waals surface area contributed by atoms with E-state index in [-0.39, 0.29) is 23.7 Å². The van der Waals surface area contributed by atoms with Crippen LogP contribution in [0.25, 0.3) is 0 Å². The van der Waals surface area contributed by atoms with Crippen molar-refractivity contribution in [1.29, 1.82) is 0 Å². The minimum Gasteiger partial charge on any atom is -0.489 e. The van der Waals surface area contributed by atoms with Crippen molar-refractivity contribution in [2.45, 2.75) is 46.4 Å². The molecule has 0 bridgehead atoms. The quantitative estimate of drug-likeness (QED) is 0.547. The summed E-state index contributed by atoms with van der Waals surface area (Å²) >= 11 is 0. The van der Waals surface area contributed by atoms with Crippen LogP contribution >= 0.6 is 0 Å². The molecule has 0 fully saturated rings. The first-order valence-electron chi connectivity index (χ1n) is 8.62. The molecule has 27 heavy (non-hydrogen) atoms. The molecule has 7 heteroatoms. The lowest BCUT2D eigenvalue weighted by Crippen LogP contribution is -2.30. The van der Waals surface area contributed by atoms with Crippen molar-refractivity contribution in [3.05, 3.63) is 58.7 Å². The highest BCUT2D eigenvalue weighted by Crippen LogP contribution is 2.39. The predicted molar refractivity (Wildman–Crippen MR) is 95.9 cm³/mol. The summed E-state index contributed by atoms with van der Waals surface area (Å²) in [4.78, 5) is 11.8. The molecule has 0 saturated carbocycles. The van der Waals surface area contributed by atoms with Crippen molar-refractivity contribution < 1.29 is 27.9 Å². The number of benzene rings is 2. The first kappa shape index (κ1) is 20.8. The van der Waals surface area contributed by atoms with Gasteiger partial charge in [-0.3, -0.25) is 10.0 Å². The number of amides is 1. The number of hydroxylamine groups is 1. The molecule has 2 aromatic rings. The Balaban J connectivity index is 2.40. The average Bonchev–Trinajstić information content (AvgIpc) is 2.64. The third-order valence-corrected chi connectivity index (χ3v) is 4.21. The van der Waals surface area contributed by atoms with Gasteiger partial charge in [-0.25, -0.2) is 0 Å². The largest absolute Gasteiger partial charge is 0.489 e. The Morgan fingerprint density at radius 1 is 1.19 bits per heavy atom. The fraction of sp³-hybridized carbons (Fsp3) is 0.350. The van der Waals surface area contributed by atoms with Crippen LogP contribution in [0.3, 0.4) is 0 Å². The number of carbonyl (C=O) groups excluding carboxylic acids is 1. The molecule has 0 unspecified atom stereocenters. The Hall–Kier alpha value is -2.54. The van der Waals surface area contributed by atoms with Gasteiger partial charge in [0.15, 0.2) is 0 Å². The Morgan fingerprint density at radius 3 is 2.44 bits per heavy atom. The highest BCUT2D eigenvalue weighted by Gasteiger charge is 2.37. The molecule has 0 aliphatic heterocycles. The number of halogens is 3. The average molecular weight is 381 g/mol. The van der Waals surface area contributed by atoms with Gasteiger partial charge < -0.3 is 4.74 Å². The van der Waals surface area contributed by atoms with Gasteiger partial charge in [0.2, 0.25) is 5.91 Å². The molecule has 2 rings (SSSR count). The van der Waals surface area contributed by atoms with Gasteiger partial charge in [-0.05, 0) is 36.6 Å². The van der Waals surface area contributed by atoms with Crippen LogP contribution in [-0.4, -0.2) is 11.1 Å². The summed E-state index contributed by atoms with van der Waals surface area (Å²) in [5, 5.41) is 10.1. The first-order chi connectivity index (χ1) is 12.7. The predicted octanol–water partition coefficient (Wildman–Crippen LogP) is 5.29. The molecule has 0 aliphatic carbocycles. The summed E-state index contributed by atoms with van der Waals surface area (Å²) in [6, 6.07) is 9.03. The van der Waals surface area contributed by atoms with E-state index in [4.69, 9.17) is 4.74 Å². The molecule has 0 spiro atoms. The first-order valence-corrected chi connectivity index (χ1v) is 8.62. The van der Waals surface area contributed by atoms with Crippen molar-refractivity contribution in [3.8, 4) is 5.75 Å². The number of carbonyl (C=O) groups is 1. The van der Waals surface area contributed by atoms with Crippen LogP contribution in [0.1, 0.15) is 42.5 Å². The maximum absolute atomic E-state index is 13.4. The number of rotatable bonds is 6. The fourth-order valence-electron chi connectivity index (χ4n) is 2.71. The van der Waals surface area contributed by atoms with Crippen molar-refractivity contribution in [1.82, 2.24) is 0 Å². The zero-order valence-corrected chi connectivity index (χ0v) is 15.4. The maximum atomic E-state index is 13.4. The minimum atomic E-state index is -4.72. The smallest absolute Gasteiger partial charge is 0.418 e. The number of hydrogen-bond donors (Lipinski definition) is 1. The minimum absolute atomic E-state index is 0.0630. The van der Waals surface area contributed by atoms with Gasteiger partial charge in [-0.2, -0.15) is 18.2 Å².